The highest BCUT2D eigenvalue weighted by atomic mass is 16.5. The quantitative estimate of drug-likeness (QED) is 0.532. The van der Waals surface area contributed by atoms with Crippen molar-refractivity contribution in [3.63, 3.8) is 0 Å². The van der Waals surface area contributed by atoms with Gasteiger partial charge in [-0.05, 0) is 0 Å². The molecular formula is C6H12N2O3. The number of carbonyl (C=O) groups excluding carboxylic acids is 2. The molecule has 64 valence electrons. The first-order valence-corrected chi connectivity index (χ1v) is 3.13. The van der Waals surface area contributed by atoms with Crippen molar-refractivity contribution >= 4 is 11.8 Å². The van der Waals surface area contributed by atoms with E-state index in [1.807, 2.05) is 0 Å². The van der Waals surface area contributed by atoms with E-state index in [9.17, 15) is 9.59 Å². The van der Waals surface area contributed by atoms with Gasteiger partial charge >= 0.3 is 0 Å². The summed E-state index contributed by atoms with van der Waals surface area (Å²) in [5, 5.41) is 2.34. The first-order valence-electron chi connectivity index (χ1n) is 3.13. The average Bonchev–Trinajstić information content (AvgIpc) is 1.86. The number of nitrogens with one attached hydrogen (secondary N) is 1. The smallest absolute Gasteiger partial charge is 0.242 e. The number of amides is 2. The van der Waals surface area contributed by atoms with Gasteiger partial charge in [-0.1, -0.05) is 0 Å². The summed E-state index contributed by atoms with van der Waals surface area (Å²) in [6, 6.07) is -0.725. The zero-order valence-corrected chi connectivity index (χ0v) is 6.59. The van der Waals surface area contributed by atoms with Gasteiger partial charge in [0.2, 0.25) is 11.8 Å². The van der Waals surface area contributed by atoms with Gasteiger partial charge in [0.1, 0.15) is 6.04 Å². The lowest BCUT2D eigenvalue weighted by Crippen LogP contribution is -2.46. The Labute approximate surface area is 64.9 Å². The van der Waals surface area contributed by atoms with E-state index < -0.39 is 11.9 Å². The van der Waals surface area contributed by atoms with E-state index in [1.54, 1.807) is 0 Å². The molecule has 2 amide bonds. The third-order valence-electron chi connectivity index (χ3n) is 1.05. The van der Waals surface area contributed by atoms with E-state index in [4.69, 9.17) is 5.73 Å². The molecule has 0 aliphatic rings. The van der Waals surface area contributed by atoms with Gasteiger partial charge in [0.15, 0.2) is 0 Å². The van der Waals surface area contributed by atoms with E-state index in [1.165, 1.54) is 14.0 Å². The van der Waals surface area contributed by atoms with Crippen LogP contribution >= 0.6 is 0 Å². The Morgan fingerprint density at radius 3 is 2.45 bits per heavy atom. The molecule has 0 aromatic carbocycles. The number of nitrogens with two attached hydrogens (primary N) is 1. The molecule has 0 heterocycles. The maximum Gasteiger partial charge on any atom is 0.242 e. The molecule has 0 radical (unpaired) electrons. The minimum atomic E-state index is -0.725. The summed E-state index contributed by atoms with van der Waals surface area (Å²) < 4.78 is 4.65. The molecule has 0 bridgehead atoms. The number of primary amides is 1. The number of rotatable bonds is 4. The molecule has 5 heteroatoms. The van der Waals surface area contributed by atoms with Gasteiger partial charge in [0.05, 0.1) is 6.61 Å². The molecule has 11 heavy (non-hydrogen) atoms. The summed E-state index contributed by atoms with van der Waals surface area (Å²) in [7, 11) is 1.43. The molecule has 1 atom stereocenters. The number of hydrogen-bond donors (Lipinski definition) is 2. The first kappa shape index (κ1) is 9.90. The third kappa shape index (κ3) is 4.32. The summed E-state index contributed by atoms with van der Waals surface area (Å²) in [5.41, 5.74) is 4.94. The molecule has 0 aromatic rings. The Bertz CT molecular complexity index is 158. The van der Waals surface area contributed by atoms with Crippen LogP contribution in [0.1, 0.15) is 6.92 Å². The van der Waals surface area contributed by atoms with Crippen molar-refractivity contribution in [2.75, 3.05) is 13.7 Å². The van der Waals surface area contributed by atoms with E-state index in [2.05, 4.69) is 10.1 Å². The van der Waals surface area contributed by atoms with Gasteiger partial charge in [0.25, 0.3) is 0 Å². The SMILES string of the molecule is COC[C@@H](NC(C)=O)C(N)=O. The van der Waals surface area contributed by atoms with E-state index in [0.717, 1.165) is 0 Å². The van der Waals surface area contributed by atoms with E-state index in [-0.39, 0.29) is 12.5 Å². The fraction of sp³-hybridized carbons (Fsp3) is 0.667. The van der Waals surface area contributed by atoms with Gasteiger partial charge in [-0.2, -0.15) is 0 Å². The van der Waals surface area contributed by atoms with Gasteiger partial charge in [-0.15, -0.1) is 0 Å². The second kappa shape index (κ2) is 4.68. The molecule has 0 rings (SSSR count). The predicted molar refractivity (Wildman–Crippen MR) is 38.7 cm³/mol. The van der Waals surface area contributed by atoms with Crippen LogP contribution in [0.3, 0.4) is 0 Å². The number of methoxy groups -OCH3 is 1. The van der Waals surface area contributed by atoms with Gasteiger partial charge in [0, 0.05) is 14.0 Å². The summed E-state index contributed by atoms with van der Waals surface area (Å²) in [4.78, 5) is 21.0. The van der Waals surface area contributed by atoms with Crippen molar-refractivity contribution in [1.29, 1.82) is 0 Å². The summed E-state index contributed by atoms with van der Waals surface area (Å²) in [5.74, 6) is -0.895. The van der Waals surface area contributed by atoms with Crippen LogP contribution in [-0.2, 0) is 14.3 Å². The zero-order valence-electron chi connectivity index (χ0n) is 6.59. The highest BCUT2D eigenvalue weighted by Crippen LogP contribution is 1.82. The molecule has 0 unspecified atom stereocenters. The largest absolute Gasteiger partial charge is 0.382 e. The number of hydrogen-bond acceptors (Lipinski definition) is 3. The van der Waals surface area contributed by atoms with Crippen LogP contribution < -0.4 is 11.1 Å². The molecule has 3 N–H and O–H groups in total. The van der Waals surface area contributed by atoms with Gasteiger partial charge in [-0.25, -0.2) is 0 Å². The molecule has 0 aliphatic heterocycles. The fourth-order valence-corrected chi connectivity index (χ4v) is 0.607. The monoisotopic (exact) mass is 160 g/mol. The van der Waals surface area contributed by atoms with Crippen LogP contribution in [0.5, 0.6) is 0 Å². The molecule has 0 saturated carbocycles. The molecular weight excluding hydrogens is 148 g/mol. The van der Waals surface area contributed by atoms with Gasteiger partial charge < -0.3 is 15.8 Å². The maximum atomic E-state index is 10.6. The normalized spacial score (nSPS) is 12.2. The molecule has 5 nitrogen and oxygen atoms in total. The second-order valence-corrected chi connectivity index (χ2v) is 2.11. The van der Waals surface area contributed by atoms with E-state index in [0.29, 0.717) is 0 Å². The van der Waals surface area contributed by atoms with Crippen molar-refractivity contribution in [2.24, 2.45) is 5.73 Å². The van der Waals surface area contributed by atoms with Crippen LogP contribution in [-0.4, -0.2) is 31.6 Å². The number of ether oxygens (including phenoxy) is 1. The molecule has 0 aromatic heterocycles. The Hall–Kier alpha value is -1.10. The van der Waals surface area contributed by atoms with Crippen LogP contribution in [0.4, 0.5) is 0 Å². The average molecular weight is 160 g/mol. The maximum absolute atomic E-state index is 10.6. The van der Waals surface area contributed by atoms with Crippen molar-refractivity contribution in [3.8, 4) is 0 Å². The van der Waals surface area contributed by atoms with Crippen molar-refractivity contribution in [2.45, 2.75) is 13.0 Å². The standard InChI is InChI=1S/C6H12N2O3/c1-4(9)8-5(3-11-2)6(7)10/h5H,3H2,1-2H3,(H2,7,10)(H,8,9)/t5-/m1/s1. The fourth-order valence-electron chi connectivity index (χ4n) is 0.607. The van der Waals surface area contributed by atoms with Crippen LogP contribution in [0.15, 0.2) is 0 Å². The Morgan fingerprint density at radius 1 is 1.64 bits per heavy atom. The highest BCUT2D eigenvalue weighted by Gasteiger charge is 2.14. The lowest BCUT2D eigenvalue weighted by molar-refractivity contribution is -0.127. The van der Waals surface area contributed by atoms with Crippen molar-refractivity contribution in [1.82, 2.24) is 5.32 Å². The predicted octanol–water partition coefficient (Wildman–Crippen LogP) is -1.38. The van der Waals surface area contributed by atoms with Gasteiger partial charge in [-0.3, -0.25) is 9.59 Å². The molecule has 0 saturated heterocycles. The Kier molecular flexibility index (Phi) is 4.21. The summed E-state index contributed by atoms with van der Waals surface area (Å²) in [6.07, 6.45) is 0. The third-order valence-corrected chi connectivity index (χ3v) is 1.05. The summed E-state index contributed by atoms with van der Waals surface area (Å²) >= 11 is 0. The van der Waals surface area contributed by atoms with Crippen LogP contribution in [0, 0.1) is 0 Å². The highest BCUT2D eigenvalue weighted by molar-refractivity contribution is 5.85. The molecule has 0 aliphatic carbocycles. The minimum Gasteiger partial charge on any atom is -0.382 e. The first-order chi connectivity index (χ1) is 5.07. The number of carbonyl (C=O) groups is 2. The second-order valence-electron chi connectivity index (χ2n) is 2.11. The minimum absolute atomic E-state index is 0.106. The summed E-state index contributed by atoms with van der Waals surface area (Å²) in [6.45, 7) is 1.42. The van der Waals surface area contributed by atoms with E-state index >= 15 is 0 Å². The zero-order chi connectivity index (χ0) is 8.85. The Balaban J connectivity index is 3.89. The Morgan fingerprint density at radius 2 is 2.18 bits per heavy atom. The molecule has 0 fully saturated rings. The van der Waals surface area contributed by atoms with Crippen molar-refractivity contribution in [3.05, 3.63) is 0 Å². The molecule has 0 spiro atoms. The lowest BCUT2D eigenvalue weighted by atomic mass is 10.3. The van der Waals surface area contributed by atoms with Crippen LogP contribution in [0.2, 0.25) is 0 Å². The van der Waals surface area contributed by atoms with Crippen LogP contribution in [0.25, 0.3) is 0 Å². The lowest BCUT2D eigenvalue weighted by Gasteiger charge is -2.11. The van der Waals surface area contributed by atoms with Crippen molar-refractivity contribution < 1.29 is 14.3 Å². The topological polar surface area (TPSA) is 81.4 Å².